The second-order valence-electron chi connectivity index (χ2n) is 4.37. The quantitative estimate of drug-likeness (QED) is 0.645. The molecule has 0 heterocycles. The second-order valence-corrected chi connectivity index (χ2v) is 4.78. The molecule has 0 aliphatic carbocycles. The van der Waals surface area contributed by atoms with Gasteiger partial charge in [-0.3, -0.25) is 10.1 Å². The highest BCUT2D eigenvalue weighted by atomic mass is 35.5. The Morgan fingerprint density at radius 2 is 2.10 bits per heavy atom. The summed E-state index contributed by atoms with van der Waals surface area (Å²) in [6.45, 7) is 1.98. The van der Waals surface area contributed by atoms with E-state index in [0.717, 1.165) is 12.0 Å². The molecule has 0 saturated carbocycles. The second kappa shape index (κ2) is 6.45. The highest BCUT2D eigenvalue weighted by Crippen LogP contribution is 2.37. The molecule has 6 heteroatoms. The number of hydrogen-bond donors (Lipinski definition) is 1. The Balaban J connectivity index is 2.42. The van der Waals surface area contributed by atoms with Crippen molar-refractivity contribution in [2.45, 2.75) is 13.3 Å². The van der Waals surface area contributed by atoms with E-state index in [0.29, 0.717) is 16.5 Å². The van der Waals surface area contributed by atoms with Gasteiger partial charge in [0, 0.05) is 12.1 Å². The lowest BCUT2D eigenvalue weighted by Gasteiger charge is -2.10. The van der Waals surface area contributed by atoms with Crippen LogP contribution in [0.15, 0.2) is 36.4 Å². The van der Waals surface area contributed by atoms with Crippen molar-refractivity contribution in [3.63, 3.8) is 0 Å². The van der Waals surface area contributed by atoms with Crippen molar-refractivity contribution < 1.29 is 9.66 Å². The Kier molecular flexibility index (Phi) is 4.65. The average molecular weight is 307 g/mol. The molecular weight excluding hydrogens is 292 g/mol. The van der Waals surface area contributed by atoms with E-state index in [1.54, 1.807) is 43.4 Å². The van der Waals surface area contributed by atoms with Crippen LogP contribution in [0.3, 0.4) is 0 Å². The van der Waals surface area contributed by atoms with Gasteiger partial charge in [0.1, 0.15) is 11.4 Å². The highest BCUT2D eigenvalue weighted by Gasteiger charge is 2.20. The zero-order chi connectivity index (χ0) is 15.4. The summed E-state index contributed by atoms with van der Waals surface area (Å²) in [5, 5.41) is 14.7. The van der Waals surface area contributed by atoms with Gasteiger partial charge in [0.2, 0.25) is 5.75 Å². The van der Waals surface area contributed by atoms with Crippen molar-refractivity contribution >= 4 is 23.0 Å². The number of para-hydroxylation sites is 1. The largest absolute Gasteiger partial charge is 0.450 e. The lowest BCUT2D eigenvalue weighted by Crippen LogP contribution is -1.99. The summed E-state index contributed by atoms with van der Waals surface area (Å²) in [7, 11) is 1.63. The third kappa shape index (κ3) is 3.25. The van der Waals surface area contributed by atoms with Crippen LogP contribution >= 0.6 is 11.6 Å². The zero-order valence-corrected chi connectivity index (χ0v) is 12.5. The summed E-state index contributed by atoms with van der Waals surface area (Å²) in [5.41, 5.74) is 1.25. The predicted molar refractivity (Wildman–Crippen MR) is 83.5 cm³/mol. The van der Waals surface area contributed by atoms with E-state index in [2.05, 4.69) is 5.32 Å². The number of hydrogen-bond acceptors (Lipinski definition) is 4. The summed E-state index contributed by atoms with van der Waals surface area (Å²) < 4.78 is 5.67. The molecule has 0 unspecified atom stereocenters. The van der Waals surface area contributed by atoms with Crippen LogP contribution in [0.1, 0.15) is 12.5 Å². The fourth-order valence-corrected chi connectivity index (χ4v) is 2.26. The fraction of sp³-hybridized carbons (Fsp3) is 0.200. The zero-order valence-electron chi connectivity index (χ0n) is 11.7. The number of ether oxygens (including phenoxy) is 1. The SMILES string of the molecule is CCc1cc(Oc2cccc(NC)c2[N+](=O)[O-])ccc1Cl. The molecule has 0 atom stereocenters. The number of nitrogens with zero attached hydrogens (tertiary/aromatic N) is 1. The number of rotatable bonds is 5. The Labute approximate surface area is 127 Å². The molecular formula is C15H15ClN2O3. The minimum Gasteiger partial charge on any atom is -0.450 e. The summed E-state index contributed by atoms with van der Waals surface area (Å²) in [6, 6.07) is 10.1. The number of aryl methyl sites for hydroxylation is 1. The average Bonchev–Trinajstić information content (AvgIpc) is 2.48. The van der Waals surface area contributed by atoms with E-state index in [9.17, 15) is 10.1 Å². The number of nitro benzene ring substituents is 1. The molecule has 0 saturated heterocycles. The van der Waals surface area contributed by atoms with Crippen LogP contribution in [-0.4, -0.2) is 12.0 Å². The normalized spacial score (nSPS) is 10.2. The third-order valence-electron chi connectivity index (χ3n) is 3.08. The number of nitrogens with one attached hydrogen (secondary N) is 1. The van der Waals surface area contributed by atoms with Crippen LogP contribution in [-0.2, 0) is 6.42 Å². The van der Waals surface area contributed by atoms with Gasteiger partial charge in [-0.2, -0.15) is 0 Å². The maximum atomic E-state index is 11.2. The standard InChI is InChI=1S/C15H15ClN2O3/c1-3-10-9-11(7-8-12(10)16)21-14-6-4-5-13(17-2)15(14)18(19)20/h4-9,17H,3H2,1-2H3. The Morgan fingerprint density at radius 1 is 1.33 bits per heavy atom. The molecule has 0 spiro atoms. The van der Waals surface area contributed by atoms with Crippen LogP contribution in [0.25, 0.3) is 0 Å². The van der Waals surface area contributed by atoms with Gasteiger partial charge in [-0.25, -0.2) is 0 Å². The smallest absolute Gasteiger partial charge is 0.334 e. The van der Waals surface area contributed by atoms with Crippen molar-refractivity contribution in [1.29, 1.82) is 0 Å². The molecule has 0 aliphatic heterocycles. The molecule has 0 amide bonds. The molecule has 5 nitrogen and oxygen atoms in total. The maximum absolute atomic E-state index is 11.2. The lowest BCUT2D eigenvalue weighted by molar-refractivity contribution is -0.384. The Morgan fingerprint density at radius 3 is 2.71 bits per heavy atom. The first kappa shape index (κ1) is 15.1. The van der Waals surface area contributed by atoms with Gasteiger partial charge in [-0.1, -0.05) is 24.6 Å². The summed E-state index contributed by atoms with van der Waals surface area (Å²) in [6.07, 6.45) is 0.759. The minimum atomic E-state index is -0.460. The van der Waals surface area contributed by atoms with E-state index in [-0.39, 0.29) is 11.4 Å². The molecule has 0 aliphatic rings. The molecule has 2 rings (SSSR count). The van der Waals surface area contributed by atoms with E-state index >= 15 is 0 Å². The van der Waals surface area contributed by atoms with Crippen molar-refractivity contribution in [3.8, 4) is 11.5 Å². The van der Waals surface area contributed by atoms with Crippen LogP contribution in [0, 0.1) is 10.1 Å². The van der Waals surface area contributed by atoms with Crippen molar-refractivity contribution in [3.05, 3.63) is 57.1 Å². The van der Waals surface area contributed by atoms with Crippen molar-refractivity contribution in [2.75, 3.05) is 12.4 Å². The van der Waals surface area contributed by atoms with Gasteiger partial charge in [-0.05, 0) is 42.3 Å². The van der Waals surface area contributed by atoms with Crippen molar-refractivity contribution in [1.82, 2.24) is 0 Å². The number of nitro groups is 1. The van der Waals surface area contributed by atoms with Crippen LogP contribution in [0.5, 0.6) is 11.5 Å². The van der Waals surface area contributed by atoms with E-state index in [4.69, 9.17) is 16.3 Å². The summed E-state index contributed by atoms with van der Waals surface area (Å²) in [5.74, 6) is 0.712. The monoisotopic (exact) mass is 306 g/mol. The Hall–Kier alpha value is -2.27. The van der Waals surface area contributed by atoms with Crippen LogP contribution < -0.4 is 10.1 Å². The highest BCUT2D eigenvalue weighted by molar-refractivity contribution is 6.31. The topological polar surface area (TPSA) is 64.4 Å². The summed E-state index contributed by atoms with van der Waals surface area (Å²) in [4.78, 5) is 10.8. The fourth-order valence-electron chi connectivity index (χ4n) is 2.01. The first-order chi connectivity index (χ1) is 10.1. The number of anilines is 1. The van der Waals surface area contributed by atoms with Gasteiger partial charge in [-0.15, -0.1) is 0 Å². The van der Waals surface area contributed by atoms with Gasteiger partial charge in [0.05, 0.1) is 4.92 Å². The van der Waals surface area contributed by atoms with Gasteiger partial charge in [0.15, 0.2) is 0 Å². The molecule has 1 N–H and O–H groups in total. The minimum absolute atomic E-state index is 0.0898. The van der Waals surface area contributed by atoms with Crippen LogP contribution in [0.2, 0.25) is 5.02 Å². The molecule has 0 fully saturated rings. The van der Waals surface area contributed by atoms with Gasteiger partial charge in [0.25, 0.3) is 0 Å². The lowest BCUT2D eigenvalue weighted by atomic mass is 10.1. The van der Waals surface area contributed by atoms with Gasteiger partial charge >= 0.3 is 5.69 Å². The predicted octanol–water partition coefficient (Wildman–Crippen LogP) is 4.64. The molecule has 0 bridgehead atoms. The molecule has 110 valence electrons. The van der Waals surface area contributed by atoms with E-state index in [1.807, 2.05) is 6.92 Å². The first-order valence-electron chi connectivity index (χ1n) is 6.48. The Bertz CT molecular complexity index is 674. The van der Waals surface area contributed by atoms with Gasteiger partial charge < -0.3 is 10.1 Å². The first-order valence-corrected chi connectivity index (χ1v) is 6.86. The number of benzene rings is 2. The van der Waals surface area contributed by atoms with E-state index < -0.39 is 4.92 Å². The number of halogens is 1. The van der Waals surface area contributed by atoms with Crippen molar-refractivity contribution in [2.24, 2.45) is 0 Å². The molecule has 0 aromatic heterocycles. The molecule has 21 heavy (non-hydrogen) atoms. The molecule has 2 aromatic rings. The third-order valence-corrected chi connectivity index (χ3v) is 3.45. The molecule has 0 radical (unpaired) electrons. The maximum Gasteiger partial charge on any atom is 0.334 e. The summed E-state index contributed by atoms with van der Waals surface area (Å²) >= 11 is 6.05. The van der Waals surface area contributed by atoms with E-state index in [1.165, 1.54) is 0 Å². The van der Waals surface area contributed by atoms with Crippen LogP contribution in [0.4, 0.5) is 11.4 Å². The molecule has 2 aromatic carbocycles.